The lowest BCUT2D eigenvalue weighted by molar-refractivity contribution is -0.132. The Morgan fingerprint density at radius 1 is 1.00 bits per heavy atom. The molecule has 1 N–H and O–H groups in total. The Morgan fingerprint density at radius 2 is 1.69 bits per heavy atom. The van der Waals surface area contributed by atoms with Crippen molar-refractivity contribution in [1.82, 2.24) is 0 Å². The monoisotopic (exact) mass is 509 g/mol. The van der Waals surface area contributed by atoms with Crippen LogP contribution in [0.3, 0.4) is 0 Å². The molecule has 186 valence electrons. The minimum Gasteiger partial charge on any atom is -0.507 e. The number of aliphatic hydroxyl groups is 1. The number of aliphatic hydroxyl groups excluding tert-OH is 1. The Hall–Kier alpha value is -3.84. The van der Waals surface area contributed by atoms with Gasteiger partial charge in [-0.3, -0.25) is 14.5 Å². The maximum Gasteiger partial charge on any atom is 0.300 e. The van der Waals surface area contributed by atoms with E-state index >= 15 is 0 Å². The number of carbonyl (C=O) groups excluding carboxylic acids is 2. The average Bonchev–Trinajstić information content (AvgIpc) is 3.15. The highest BCUT2D eigenvalue weighted by atomic mass is 35.5. The third-order valence-electron chi connectivity index (χ3n) is 6.18. The van der Waals surface area contributed by atoms with Crippen LogP contribution in [0, 0.1) is 5.82 Å². The van der Waals surface area contributed by atoms with Crippen LogP contribution in [0.1, 0.15) is 42.5 Å². The van der Waals surface area contributed by atoms with E-state index < -0.39 is 23.5 Å². The first kappa shape index (κ1) is 25.3. The number of anilines is 1. The lowest BCUT2D eigenvalue weighted by Gasteiger charge is -2.26. The number of methoxy groups -OCH3 is 2. The van der Waals surface area contributed by atoms with E-state index in [2.05, 4.69) is 0 Å². The average molecular weight is 510 g/mol. The van der Waals surface area contributed by atoms with Crippen molar-refractivity contribution < 1.29 is 28.6 Å². The molecule has 0 radical (unpaired) electrons. The highest BCUT2D eigenvalue weighted by Crippen LogP contribution is 2.43. The van der Waals surface area contributed by atoms with Gasteiger partial charge in [0.05, 0.1) is 30.9 Å². The molecule has 1 heterocycles. The molecule has 1 aliphatic heterocycles. The molecular weight excluding hydrogens is 485 g/mol. The molecule has 1 aliphatic rings. The fourth-order valence-electron chi connectivity index (χ4n) is 4.32. The van der Waals surface area contributed by atoms with Gasteiger partial charge in [-0.05, 0) is 65.6 Å². The maximum atomic E-state index is 13.9. The third kappa shape index (κ3) is 4.42. The van der Waals surface area contributed by atoms with E-state index in [0.717, 1.165) is 11.6 Å². The molecule has 1 unspecified atom stereocenters. The quantitative estimate of drug-likeness (QED) is 0.241. The van der Waals surface area contributed by atoms with Gasteiger partial charge in [-0.25, -0.2) is 4.39 Å². The summed E-state index contributed by atoms with van der Waals surface area (Å²) in [7, 11) is 3.08. The van der Waals surface area contributed by atoms with Crippen molar-refractivity contribution in [1.29, 1.82) is 0 Å². The predicted octanol–water partition coefficient (Wildman–Crippen LogP) is 6.25. The van der Waals surface area contributed by atoms with Gasteiger partial charge in [0.15, 0.2) is 0 Å². The van der Waals surface area contributed by atoms with Gasteiger partial charge < -0.3 is 14.6 Å². The normalized spacial score (nSPS) is 17.1. The van der Waals surface area contributed by atoms with Crippen molar-refractivity contribution in [3.8, 4) is 11.5 Å². The number of benzene rings is 3. The molecule has 1 amide bonds. The SMILES string of the molecule is COc1ccc(C2/C(=C(/O)c3ccc(OC)c(C(C)C)c3)C(=O)C(=O)N2c2ccc(F)c(Cl)c2)cc1. The van der Waals surface area contributed by atoms with Crippen LogP contribution in [0.5, 0.6) is 11.5 Å². The molecular formula is C28H25ClFNO5. The van der Waals surface area contributed by atoms with Crippen LogP contribution >= 0.6 is 11.6 Å². The van der Waals surface area contributed by atoms with Crippen LogP contribution in [0.15, 0.2) is 66.2 Å². The van der Waals surface area contributed by atoms with E-state index in [1.165, 1.54) is 24.1 Å². The number of nitrogens with zero attached hydrogens (tertiary/aromatic N) is 1. The van der Waals surface area contributed by atoms with E-state index in [1.54, 1.807) is 49.6 Å². The van der Waals surface area contributed by atoms with E-state index in [0.29, 0.717) is 22.6 Å². The molecule has 4 rings (SSSR count). The van der Waals surface area contributed by atoms with E-state index in [1.807, 2.05) is 13.8 Å². The minimum atomic E-state index is -0.984. The summed E-state index contributed by atoms with van der Waals surface area (Å²) in [6.07, 6.45) is 0. The van der Waals surface area contributed by atoms with Crippen molar-refractivity contribution in [2.75, 3.05) is 19.1 Å². The van der Waals surface area contributed by atoms with Gasteiger partial charge in [-0.1, -0.05) is 37.6 Å². The summed E-state index contributed by atoms with van der Waals surface area (Å²) in [6, 6.07) is 14.7. The Kier molecular flexibility index (Phi) is 7.04. The number of Topliss-reactive ketones (excluding diaryl/α,β-unsaturated/α-hetero) is 1. The zero-order valence-corrected chi connectivity index (χ0v) is 21.0. The predicted molar refractivity (Wildman–Crippen MR) is 136 cm³/mol. The van der Waals surface area contributed by atoms with Gasteiger partial charge in [-0.2, -0.15) is 0 Å². The number of ketones is 1. The summed E-state index contributed by atoms with van der Waals surface area (Å²) in [5, 5.41) is 11.2. The molecule has 0 spiro atoms. The smallest absolute Gasteiger partial charge is 0.300 e. The van der Waals surface area contributed by atoms with Crippen LogP contribution in [0.2, 0.25) is 5.02 Å². The molecule has 0 aromatic heterocycles. The van der Waals surface area contributed by atoms with Crippen molar-refractivity contribution >= 4 is 34.7 Å². The number of ether oxygens (including phenoxy) is 2. The highest BCUT2D eigenvalue weighted by molar-refractivity contribution is 6.51. The highest BCUT2D eigenvalue weighted by Gasteiger charge is 2.47. The van der Waals surface area contributed by atoms with Gasteiger partial charge in [-0.15, -0.1) is 0 Å². The lowest BCUT2D eigenvalue weighted by Crippen LogP contribution is -2.29. The van der Waals surface area contributed by atoms with Crippen LogP contribution < -0.4 is 14.4 Å². The number of hydrogen-bond donors (Lipinski definition) is 1. The van der Waals surface area contributed by atoms with E-state index in [-0.39, 0.29) is 28.0 Å². The second-order valence-corrected chi connectivity index (χ2v) is 9.06. The van der Waals surface area contributed by atoms with Crippen LogP contribution in [-0.2, 0) is 9.59 Å². The molecule has 36 heavy (non-hydrogen) atoms. The molecule has 3 aromatic rings. The molecule has 0 saturated carbocycles. The zero-order chi connectivity index (χ0) is 26.1. The van der Waals surface area contributed by atoms with Crippen molar-refractivity contribution in [2.45, 2.75) is 25.8 Å². The molecule has 1 fully saturated rings. The van der Waals surface area contributed by atoms with Gasteiger partial charge >= 0.3 is 0 Å². The number of hydrogen-bond acceptors (Lipinski definition) is 5. The topological polar surface area (TPSA) is 76.1 Å². The standard InChI is InChI=1S/C28H25ClFNO5/c1-15(2)20-13-17(7-12-23(20)36-4)26(32)24-25(16-5-9-19(35-3)10-6-16)31(28(34)27(24)33)18-8-11-22(30)21(29)14-18/h5-15,25,32H,1-4H3/b26-24-. The van der Waals surface area contributed by atoms with Crippen molar-refractivity contribution in [3.05, 3.63) is 93.8 Å². The fraction of sp³-hybridized carbons (Fsp3) is 0.214. The molecule has 0 bridgehead atoms. The van der Waals surface area contributed by atoms with E-state index in [4.69, 9.17) is 21.1 Å². The second-order valence-electron chi connectivity index (χ2n) is 8.65. The summed E-state index contributed by atoms with van der Waals surface area (Å²) in [6.45, 7) is 3.96. The zero-order valence-electron chi connectivity index (χ0n) is 20.2. The number of rotatable bonds is 6. The molecule has 3 aromatic carbocycles. The van der Waals surface area contributed by atoms with Crippen LogP contribution in [0.4, 0.5) is 10.1 Å². The first-order chi connectivity index (χ1) is 17.2. The summed E-state index contributed by atoms with van der Waals surface area (Å²) < 4.78 is 24.5. The minimum absolute atomic E-state index is 0.0776. The second kappa shape index (κ2) is 10.0. The van der Waals surface area contributed by atoms with Crippen LogP contribution in [-0.4, -0.2) is 31.0 Å². The maximum absolute atomic E-state index is 13.9. The molecule has 0 aliphatic carbocycles. The Balaban J connectivity index is 1.95. The van der Waals surface area contributed by atoms with Crippen molar-refractivity contribution in [3.63, 3.8) is 0 Å². The van der Waals surface area contributed by atoms with Crippen LogP contribution in [0.25, 0.3) is 5.76 Å². The summed E-state index contributed by atoms with van der Waals surface area (Å²) in [5.74, 6) is -1.40. The van der Waals surface area contributed by atoms with Gasteiger partial charge in [0, 0.05) is 11.3 Å². The Bertz CT molecular complexity index is 1370. The summed E-state index contributed by atoms with van der Waals surface area (Å²) >= 11 is 5.99. The van der Waals surface area contributed by atoms with Gasteiger partial charge in [0.1, 0.15) is 23.1 Å². The molecule has 1 saturated heterocycles. The molecule has 1 atom stereocenters. The van der Waals surface area contributed by atoms with Gasteiger partial charge in [0.2, 0.25) is 0 Å². The van der Waals surface area contributed by atoms with Gasteiger partial charge in [0.25, 0.3) is 11.7 Å². The Morgan fingerprint density at radius 3 is 2.28 bits per heavy atom. The van der Waals surface area contributed by atoms with Crippen molar-refractivity contribution in [2.24, 2.45) is 0 Å². The Labute approximate surface area is 213 Å². The lowest BCUT2D eigenvalue weighted by atomic mass is 9.93. The molecule has 6 nitrogen and oxygen atoms in total. The molecule has 8 heteroatoms. The summed E-state index contributed by atoms with van der Waals surface area (Å²) in [5.41, 5.74) is 1.89. The first-order valence-electron chi connectivity index (χ1n) is 11.3. The van der Waals surface area contributed by atoms with E-state index in [9.17, 15) is 19.1 Å². The number of amides is 1. The number of halogens is 2. The number of carbonyl (C=O) groups is 2. The first-order valence-corrected chi connectivity index (χ1v) is 11.6. The largest absolute Gasteiger partial charge is 0.507 e. The summed E-state index contributed by atoms with van der Waals surface area (Å²) in [4.78, 5) is 27.8. The third-order valence-corrected chi connectivity index (χ3v) is 6.47. The fourth-order valence-corrected chi connectivity index (χ4v) is 4.50.